The van der Waals surface area contributed by atoms with Crippen LogP contribution in [0.25, 0.3) is 0 Å². The highest BCUT2D eigenvalue weighted by Crippen LogP contribution is 2.22. The molecule has 1 aromatic heterocycles. The molecule has 0 radical (unpaired) electrons. The molecule has 2 amide bonds. The Kier molecular flexibility index (Phi) is 7.02. The summed E-state index contributed by atoms with van der Waals surface area (Å²) in [4.78, 5) is 32.1. The number of nitrogens with zero attached hydrogens (tertiary/aromatic N) is 2. The van der Waals surface area contributed by atoms with Crippen molar-refractivity contribution in [3.05, 3.63) is 86.6 Å². The first-order valence-electron chi connectivity index (χ1n) is 10.7. The number of pyridine rings is 1. The number of halogens is 1. The van der Waals surface area contributed by atoms with Gasteiger partial charge in [-0.25, -0.2) is 4.98 Å². The Bertz CT molecular complexity index is 1190. The van der Waals surface area contributed by atoms with Crippen LogP contribution in [-0.4, -0.2) is 40.6 Å². The fourth-order valence-corrected chi connectivity index (χ4v) is 4.13. The van der Waals surface area contributed by atoms with Crippen LogP contribution in [0.5, 0.6) is 0 Å². The zero-order valence-electron chi connectivity index (χ0n) is 18.2. The molecule has 3 N–H and O–H groups in total. The Labute approximate surface area is 206 Å². The average Bonchev–Trinajstić information content (AvgIpc) is 3.36. The number of likely N-dealkylation sites (tertiary alicyclic amines) is 1. The van der Waals surface area contributed by atoms with Crippen LogP contribution in [0.3, 0.4) is 0 Å². The number of carbonyl (C=O) groups is 2. The van der Waals surface area contributed by atoms with Gasteiger partial charge in [-0.05, 0) is 84.3 Å². The van der Waals surface area contributed by atoms with Gasteiger partial charge in [0, 0.05) is 34.0 Å². The molecular weight excluding hydrogens is 529 g/mol. The first kappa shape index (κ1) is 22.9. The van der Waals surface area contributed by atoms with E-state index in [1.165, 1.54) is 0 Å². The number of aryl methyl sites for hydroxylation is 1. The number of hydrogen-bond donors (Lipinski definition) is 3. The van der Waals surface area contributed by atoms with E-state index in [1.807, 2.05) is 19.1 Å². The molecule has 4 rings (SSSR count). The predicted octanol–water partition coefficient (Wildman–Crippen LogP) is 4.92. The highest BCUT2D eigenvalue weighted by Gasteiger charge is 2.18. The van der Waals surface area contributed by atoms with Gasteiger partial charge in [0.2, 0.25) is 0 Å². The van der Waals surface area contributed by atoms with Crippen LogP contribution in [0, 0.1) is 15.9 Å². The summed E-state index contributed by atoms with van der Waals surface area (Å²) < 4.78 is 0.873. The van der Waals surface area contributed by atoms with Gasteiger partial charge in [0.25, 0.3) is 11.8 Å². The van der Waals surface area contributed by atoms with E-state index in [2.05, 4.69) is 43.1 Å². The fourth-order valence-electron chi connectivity index (χ4n) is 3.64. The molecule has 0 spiro atoms. The van der Waals surface area contributed by atoms with E-state index in [-0.39, 0.29) is 11.8 Å². The van der Waals surface area contributed by atoms with Crippen LogP contribution >= 0.6 is 22.6 Å². The number of carbonyl (C=O) groups excluding carboxylic acids is 2. The van der Waals surface area contributed by atoms with E-state index in [0.717, 1.165) is 40.6 Å². The van der Waals surface area contributed by atoms with Gasteiger partial charge in [-0.15, -0.1) is 0 Å². The minimum Gasteiger partial charge on any atom is -0.357 e. The van der Waals surface area contributed by atoms with Crippen LogP contribution in [0.15, 0.2) is 60.8 Å². The summed E-state index contributed by atoms with van der Waals surface area (Å²) in [6.07, 6.45) is 3.89. The van der Waals surface area contributed by atoms with Gasteiger partial charge >= 0.3 is 0 Å². The van der Waals surface area contributed by atoms with Crippen molar-refractivity contribution in [3.8, 4) is 0 Å². The number of benzene rings is 2. The van der Waals surface area contributed by atoms with Crippen molar-refractivity contribution < 1.29 is 9.59 Å². The van der Waals surface area contributed by atoms with Crippen molar-refractivity contribution in [2.24, 2.45) is 0 Å². The van der Waals surface area contributed by atoms with E-state index >= 15 is 0 Å². The standard InChI is InChI=1S/C25H24IN5O2/c1-16-4-11-22(28-15-16)30-25(33)20-14-19(26)9-10-21(20)29-24(32)18-7-5-17(6-8-18)23(27)31-12-2-3-13-31/h4-11,14-15,27H,2-3,12-13H2,1H3,(H,29,32)(H,28,30,33). The first-order valence-corrected chi connectivity index (χ1v) is 11.8. The predicted molar refractivity (Wildman–Crippen MR) is 138 cm³/mol. The van der Waals surface area contributed by atoms with Gasteiger partial charge in [0.05, 0.1) is 11.3 Å². The molecule has 33 heavy (non-hydrogen) atoms. The molecular formula is C25H24IN5O2. The molecule has 168 valence electrons. The number of nitrogens with one attached hydrogen (secondary N) is 3. The second-order valence-electron chi connectivity index (χ2n) is 7.94. The Morgan fingerprint density at radius 2 is 1.64 bits per heavy atom. The van der Waals surface area contributed by atoms with Gasteiger partial charge in [-0.2, -0.15) is 0 Å². The third-order valence-corrected chi connectivity index (χ3v) is 6.14. The van der Waals surface area contributed by atoms with Crippen molar-refractivity contribution in [2.45, 2.75) is 19.8 Å². The average molecular weight is 553 g/mol. The summed E-state index contributed by atoms with van der Waals surface area (Å²) in [5.41, 5.74) is 3.01. The Balaban J connectivity index is 1.49. The van der Waals surface area contributed by atoms with E-state index in [9.17, 15) is 9.59 Å². The molecule has 8 heteroatoms. The summed E-state index contributed by atoms with van der Waals surface area (Å²) in [6.45, 7) is 3.72. The number of hydrogen-bond acceptors (Lipinski definition) is 4. The maximum atomic E-state index is 12.9. The molecule has 1 aliphatic heterocycles. The molecule has 7 nitrogen and oxygen atoms in total. The van der Waals surface area contributed by atoms with Gasteiger partial charge in [-0.3, -0.25) is 15.0 Å². The molecule has 0 unspecified atom stereocenters. The van der Waals surface area contributed by atoms with Crippen molar-refractivity contribution in [1.29, 1.82) is 5.41 Å². The van der Waals surface area contributed by atoms with E-state index in [0.29, 0.717) is 28.5 Å². The normalized spacial score (nSPS) is 13.0. The lowest BCUT2D eigenvalue weighted by Crippen LogP contribution is -2.27. The van der Waals surface area contributed by atoms with Crippen LogP contribution in [-0.2, 0) is 0 Å². The number of anilines is 2. The van der Waals surface area contributed by atoms with Gasteiger partial charge in [0.1, 0.15) is 11.7 Å². The topological polar surface area (TPSA) is 98.2 Å². The second-order valence-corrected chi connectivity index (χ2v) is 9.18. The summed E-state index contributed by atoms with van der Waals surface area (Å²) in [6, 6.07) is 15.9. The molecule has 0 aliphatic carbocycles. The largest absolute Gasteiger partial charge is 0.357 e. The van der Waals surface area contributed by atoms with Crippen molar-refractivity contribution >= 4 is 51.7 Å². The lowest BCUT2D eigenvalue weighted by molar-refractivity contribution is 0.102. The highest BCUT2D eigenvalue weighted by molar-refractivity contribution is 14.1. The second kappa shape index (κ2) is 10.1. The Hall–Kier alpha value is -3.27. The molecule has 0 bridgehead atoms. The molecule has 1 saturated heterocycles. The number of rotatable bonds is 5. The smallest absolute Gasteiger partial charge is 0.258 e. The minimum atomic E-state index is -0.352. The van der Waals surface area contributed by atoms with Gasteiger partial charge < -0.3 is 15.5 Å². The maximum Gasteiger partial charge on any atom is 0.258 e. The molecule has 1 aliphatic rings. The van der Waals surface area contributed by atoms with Crippen molar-refractivity contribution in [1.82, 2.24) is 9.88 Å². The third kappa shape index (κ3) is 5.57. The number of amides is 2. The van der Waals surface area contributed by atoms with E-state index < -0.39 is 0 Å². The van der Waals surface area contributed by atoms with Gasteiger partial charge in [0.15, 0.2) is 0 Å². The van der Waals surface area contributed by atoms with Crippen LogP contribution in [0.4, 0.5) is 11.5 Å². The molecule has 0 atom stereocenters. The van der Waals surface area contributed by atoms with E-state index in [1.54, 1.807) is 48.7 Å². The monoisotopic (exact) mass is 553 g/mol. The summed E-state index contributed by atoms with van der Waals surface area (Å²) in [5, 5.41) is 14.0. The molecule has 0 saturated carbocycles. The lowest BCUT2D eigenvalue weighted by atomic mass is 10.1. The number of amidine groups is 1. The highest BCUT2D eigenvalue weighted by atomic mass is 127. The summed E-state index contributed by atoms with van der Waals surface area (Å²) >= 11 is 2.13. The van der Waals surface area contributed by atoms with Crippen LogP contribution < -0.4 is 10.6 Å². The molecule has 2 aromatic carbocycles. The SMILES string of the molecule is Cc1ccc(NC(=O)c2cc(I)ccc2NC(=O)c2ccc(C(=N)N3CCCC3)cc2)nc1. The molecule has 3 aromatic rings. The quantitative estimate of drug-likeness (QED) is 0.237. The van der Waals surface area contributed by atoms with Crippen LogP contribution in [0.2, 0.25) is 0 Å². The zero-order valence-corrected chi connectivity index (χ0v) is 20.3. The summed E-state index contributed by atoms with van der Waals surface area (Å²) in [5.74, 6) is 0.256. The maximum absolute atomic E-state index is 12.9. The first-order chi connectivity index (χ1) is 15.9. The molecule has 2 heterocycles. The molecule has 1 fully saturated rings. The van der Waals surface area contributed by atoms with E-state index in [4.69, 9.17) is 5.41 Å². The lowest BCUT2D eigenvalue weighted by Gasteiger charge is -2.18. The summed E-state index contributed by atoms with van der Waals surface area (Å²) in [7, 11) is 0. The minimum absolute atomic E-state index is 0.321. The fraction of sp³-hybridized carbons (Fsp3) is 0.200. The van der Waals surface area contributed by atoms with Crippen molar-refractivity contribution in [2.75, 3.05) is 23.7 Å². The van der Waals surface area contributed by atoms with Gasteiger partial charge in [-0.1, -0.05) is 18.2 Å². The Morgan fingerprint density at radius 3 is 2.30 bits per heavy atom. The Morgan fingerprint density at radius 1 is 0.939 bits per heavy atom. The number of aromatic nitrogens is 1. The van der Waals surface area contributed by atoms with Crippen molar-refractivity contribution in [3.63, 3.8) is 0 Å². The van der Waals surface area contributed by atoms with Crippen LogP contribution in [0.1, 0.15) is 44.7 Å². The third-order valence-electron chi connectivity index (χ3n) is 5.47. The zero-order chi connectivity index (χ0) is 23.4.